The fourth-order valence-electron chi connectivity index (χ4n) is 4.38. The fourth-order valence-corrected chi connectivity index (χ4v) is 4.38. The number of benzene rings is 3. The second-order valence-electron chi connectivity index (χ2n) is 8.20. The molecule has 1 heterocycles. The first-order valence-corrected chi connectivity index (χ1v) is 11.1. The Morgan fingerprint density at radius 2 is 1.19 bits per heavy atom. The molecule has 0 spiro atoms. The van der Waals surface area contributed by atoms with E-state index in [1.54, 1.807) is 0 Å². The summed E-state index contributed by atoms with van der Waals surface area (Å²) in [5.41, 5.74) is 6.66. The third-order valence-corrected chi connectivity index (χ3v) is 5.92. The number of nitrogens with zero attached hydrogens (tertiary/aromatic N) is 1. The molecule has 0 aliphatic carbocycles. The monoisotopic (exact) mass is 414 g/mol. The summed E-state index contributed by atoms with van der Waals surface area (Å²) in [4.78, 5) is 12.7. The lowest BCUT2D eigenvalue weighted by molar-refractivity contribution is 0.0202. The van der Waals surface area contributed by atoms with E-state index in [0.29, 0.717) is 0 Å². The highest BCUT2D eigenvalue weighted by Crippen LogP contribution is 2.26. The van der Waals surface area contributed by atoms with Crippen LogP contribution in [-0.2, 0) is 24.2 Å². The summed E-state index contributed by atoms with van der Waals surface area (Å²) >= 11 is 0. The molecule has 1 amide bonds. The molecule has 1 aliphatic heterocycles. The van der Waals surface area contributed by atoms with Crippen LogP contribution in [0.25, 0.3) is 0 Å². The van der Waals surface area contributed by atoms with E-state index in [0.717, 1.165) is 37.7 Å². The van der Waals surface area contributed by atoms with Crippen molar-refractivity contribution in [1.29, 1.82) is 0 Å². The van der Waals surface area contributed by atoms with Crippen LogP contribution in [0.15, 0.2) is 91.0 Å². The molecule has 0 saturated carbocycles. The van der Waals surface area contributed by atoms with Crippen LogP contribution in [0.1, 0.15) is 36.0 Å². The number of nitrogens with one attached hydrogen (secondary N) is 1. The van der Waals surface area contributed by atoms with Crippen LogP contribution in [0.2, 0.25) is 0 Å². The number of hydrogen-bond acceptors (Lipinski definition) is 3. The molecule has 1 saturated heterocycles. The van der Waals surface area contributed by atoms with Gasteiger partial charge in [-0.1, -0.05) is 97.4 Å². The Balaban J connectivity index is 1.46. The quantitative estimate of drug-likeness (QED) is 0.552. The highest BCUT2D eigenvalue weighted by atomic mass is 16.6. The van der Waals surface area contributed by atoms with Crippen LogP contribution in [0, 0.1) is 0 Å². The first kappa shape index (κ1) is 21.1. The predicted octanol–water partition coefficient (Wildman–Crippen LogP) is 5.54. The molecule has 31 heavy (non-hydrogen) atoms. The van der Waals surface area contributed by atoms with Crippen molar-refractivity contribution >= 4 is 6.09 Å². The fraction of sp³-hybridized carbons (Fsp3) is 0.296. The smallest absolute Gasteiger partial charge is 0.422 e. The lowest BCUT2D eigenvalue weighted by Crippen LogP contribution is -2.57. The van der Waals surface area contributed by atoms with Crippen LogP contribution < -0.4 is 5.43 Å². The Labute approximate surface area is 184 Å². The van der Waals surface area contributed by atoms with Crippen LogP contribution >= 0.6 is 0 Å². The van der Waals surface area contributed by atoms with Gasteiger partial charge in [-0.3, -0.25) is 5.43 Å². The van der Waals surface area contributed by atoms with E-state index in [4.69, 9.17) is 4.74 Å². The summed E-state index contributed by atoms with van der Waals surface area (Å²) in [6, 6.07) is 31.3. The Morgan fingerprint density at radius 1 is 0.742 bits per heavy atom. The second kappa shape index (κ2) is 10.8. The predicted molar refractivity (Wildman–Crippen MR) is 123 cm³/mol. The van der Waals surface area contributed by atoms with Gasteiger partial charge in [0.05, 0.1) is 0 Å². The maximum Gasteiger partial charge on any atom is 0.422 e. The number of hydrogen-bond donors (Lipinski definition) is 1. The summed E-state index contributed by atoms with van der Waals surface area (Å²) < 4.78 is 5.54. The van der Waals surface area contributed by atoms with Crippen molar-refractivity contribution in [1.82, 2.24) is 10.4 Å². The van der Waals surface area contributed by atoms with Crippen molar-refractivity contribution in [2.45, 2.75) is 50.8 Å². The molecule has 4 rings (SSSR count). The minimum Gasteiger partial charge on any atom is -0.444 e. The largest absolute Gasteiger partial charge is 0.444 e. The van der Waals surface area contributed by atoms with Crippen molar-refractivity contribution in [3.05, 3.63) is 108 Å². The van der Waals surface area contributed by atoms with E-state index >= 15 is 0 Å². The van der Waals surface area contributed by atoms with Gasteiger partial charge in [-0.05, 0) is 42.4 Å². The lowest BCUT2D eigenvalue weighted by Gasteiger charge is -2.42. The summed E-state index contributed by atoms with van der Waals surface area (Å²) in [6.07, 6.45) is 4.70. The third kappa shape index (κ3) is 6.19. The van der Waals surface area contributed by atoms with Crippen molar-refractivity contribution in [3.63, 3.8) is 0 Å². The van der Waals surface area contributed by atoms with Gasteiger partial charge in [-0.25, -0.2) is 9.80 Å². The molecule has 3 aromatic carbocycles. The highest BCUT2D eigenvalue weighted by molar-refractivity contribution is 5.66. The van der Waals surface area contributed by atoms with Crippen molar-refractivity contribution in [3.8, 4) is 0 Å². The van der Waals surface area contributed by atoms with Gasteiger partial charge < -0.3 is 4.74 Å². The molecule has 0 radical (unpaired) electrons. The van der Waals surface area contributed by atoms with Crippen molar-refractivity contribution < 1.29 is 9.53 Å². The number of hydrazine groups is 1. The van der Waals surface area contributed by atoms with Crippen molar-refractivity contribution in [2.75, 3.05) is 0 Å². The molecule has 1 aliphatic rings. The van der Waals surface area contributed by atoms with E-state index in [9.17, 15) is 4.79 Å². The number of carbonyl (C=O) groups excluding carboxylic acids is 1. The average molecular weight is 415 g/mol. The lowest BCUT2D eigenvalue weighted by atomic mass is 9.90. The normalized spacial score (nSPS) is 19.0. The molecule has 3 aromatic rings. The van der Waals surface area contributed by atoms with Gasteiger partial charge in [0.25, 0.3) is 0 Å². The van der Waals surface area contributed by atoms with Gasteiger partial charge in [0, 0.05) is 12.1 Å². The van der Waals surface area contributed by atoms with Crippen LogP contribution in [0.3, 0.4) is 0 Å². The molecule has 0 bridgehead atoms. The number of piperidine rings is 1. The molecule has 1 fully saturated rings. The molecule has 2 atom stereocenters. The van der Waals surface area contributed by atoms with Gasteiger partial charge in [-0.15, -0.1) is 0 Å². The first-order chi connectivity index (χ1) is 15.3. The van der Waals surface area contributed by atoms with E-state index in [1.807, 2.05) is 42.5 Å². The van der Waals surface area contributed by atoms with E-state index in [1.165, 1.54) is 11.1 Å². The highest BCUT2D eigenvalue weighted by Gasteiger charge is 2.32. The van der Waals surface area contributed by atoms with Crippen LogP contribution in [0.4, 0.5) is 4.79 Å². The maximum atomic E-state index is 12.7. The number of rotatable bonds is 7. The third-order valence-electron chi connectivity index (χ3n) is 5.92. The summed E-state index contributed by atoms with van der Waals surface area (Å²) in [5.74, 6) is 0. The minimum absolute atomic E-state index is 0.245. The SMILES string of the molecule is O=C(NN1C(Cc2ccccc2)CCCC1Cc1ccccc1)OCc1ccccc1. The molecule has 0 aromatic heterocycles. The van der Waals surface area contributed by atoms with Gasteiger partial charge in [0.2, 0.25) is 0 Å². The molecule has 4 heteroatoms. The van der Waals surface area contributed by atoms with Crippen LogP contribution in [-0.4, -0.2) is 23.2 Å². The molecule has 2 unspecified atom stereocenters. The summed E-state index contributed by atoms with van der Waals surface area (Å²) in [7, 11) is 0. The topological polar surface area (TPSA) is 41.6 Å². The number of amides is 1. The standard InChI is InChI=1S/C27H30N2O2/c30-27(31-21-24-15-8-3-9-16-24)28-29-25(19-22-11-4-1-5-12-22)17-10-18-26(29)20-23-13-6-2-7-14-23/h1-9,11-16,25-26H,10,17-21H2,(H,28,30). The maximum absolute atomic E-state index is 12.7. The Morgan fingerprint density at radius 3 is 1.68 bits per heavy atom. The van der Waals surface area contributed by atoms with E-state index < -0.39 is 0 Å². The average Bonchev–Trinajstić information content (AvgIpc) is 2.82. The zero-order valence-electron chi connectivity index (χ0n) is 17.8. The molecule has 4 nitrogen and oxygen atoms in total. The number of carbonyl (C=O) groups is 1. The Kier molecular flexibility index (Phi) is 7.35. The molecule has 160 valence electrons. The Hall–Kier alpha value is -3.11. The molecular formula is C27H30N2O2. The van der Waals surface area contributed by atoms with E-state index in [2.05, 4.69) is 59.0 Å². The van der Waals surface area contributed by atoms with Crippen LogP contribution in [0.5, 0.6) is 0 Å². The second-order valence-corrected chi connectivity index (χ2v) is 8.20. The Bertz CT molecular complexity index is 882. The summed E-state index contributed by atoms with van der Waals surface area (Å²) in [6.45, 7) is 0.271. The first-order valence-electron chi connectivity index (χ1n) is 11.1. The van der Waals surface area contributed by atoms with Gasteiger partial charge in [0.15, 0.2) is 0 Å². The van der Waals surface area contributed by atoms with Gasteiger partial charge >= 0.3 is 6.09 Å². The zero-order valence-corrected chi connectivity index (χ0v) is 17.8. The van der Waals surface area contributed by atoms with Crippen molar-refractivity contribution in [2.24, 2.45) is 0 Å². The molecule has 1 N–H and O–H groups in total. The molecular weight excluding hydrogens is 384 g/mol. The zero-order chi connectivity index (χ0) is 21.3. The minimum atomic E-state index is -0.387. The van der Waals surface area contributed by atoms with Gasteiger partial charge in [0.1, 0.15) is 6.61 Å². The summed E-state index contributed by atoms with van der Waals surface area (Å²) in [5, 5.41) is 2.16. The van der Waals surface area contributed by atoms with Gasteiger partial charge in [-0.2, -0.15) is 0 Å². The van der Waals surface area contributed by atoms with E-state index in [-0.39, 0.29) is 24.8 Å². The number of ether oxygens (including phenoxy) is 1.